The predicted molar refractivity (Wildman–Crippen MR) is 109 cm³/mol. The number of amides is 2. The fraction of sp³-hybridized carbons (Fsp3) is 0.350. The number of carbonyl (C=O) groups excluding carboxylic acids is 1. The van der Waals surface area contributed by atoms with Crippen LogP contribution in [0.2, 0.25) is 5.02 Å². The van der Waals surface area contributed by atoms with Crippen molar-refractivity contribution in [2.75, 3.05) is 23.3 Å². The molecule has 1 saturated heterocycles. The van der Waals surface area contributed by atoms with E-state index in [9.17, 15) is 19.8 Å². The van der Waals surface area contributed by atoms with Crippen molar-refractivity contribution in [3.05, 3.63) is 46.6 Å². The molecule has 1 fully saturated rings. The Balaban J connectivity index is 1.59. The lowest BCUT2D eigenvalue weighted by atomic mass is 10.0. The molecule has 0 spiro atoms. The predicted octanol–water partition coefficient (Wildman–Crippen LogP) is 3.63. The highest BCUT2D eigenvalue weighted by atomic mass is 35.5. The summed E-state index contributed by atoms with van der Waals surface area (Å²) in [7, 11) is 0. The summed E-state index contributed by atoms with van der Waals surface area (Å²) in [6, 6.07) is 6.37. The zero-order valence-electron chi connectivity index (χ0n) is 15.8. The summed E-state index contributed by atoms with van der Waals surface area (Å²) in [5.74, 6) is -0.0713. The van der Waals surface area contributed by atoms with Crippen molar-refractivity contribution in [2.45, 2.75) is 31.9 Å². The smallest absolute Gasteiger partial charge is 0.414 e. The Kier molecular flexibility index (Phi) is 5.06. The second-order valence-corrected chi connectivity index (χ2v) is 7.67. The average Bonchev–Trinajstić information content (AvgIpc) is 2.97. The first-order valence-electron chi connectivity index (χ1n) is 9.41. The van der Waals surface area contributed by atoms with Gasteiger partial charge in [0.1, 0.15) is 5.82 Å². The summed E-state index contributed by atoms with van der Waals surface area (Å²) in [5, 5.41) is 22.5. The van der Waals surface area contributed by atoms with Crippen LogP contribution in [-0.4, -0.2) is 51.3 Å². The van der Waals surface area contributed by atoms with Gasteiger partial charge in [-0.05, 0) is 44.0 Å². The van der Waals surface area contributed by atoms with Gasteiger partial charge in [-0.25, -0.2) is 14.7 Å². The molecule has 2 aliphatic rings. The van der Waals surface area contributed by atoms with Gasteiger partial charge in [0, 0.05) is 23.7 Å². The van der Waals surface area contributed by atoms with Gasteiger partial charge in [0.2, 0.25) is 0 Å². The molecule has 3 N–H and O–H groups in total. The van der Waals surface area contributed by atoms with E-state index in [4.69, 9.17) is 11.6 Å². The minimum atomic E-state index is -1.31. The van der Waals surface area contributed by atoms with E-state index in [1.54, 1.807) is 31.3 Å². The number of halogens is 1. The van der Waals surface area contributed by atoms with E-state index < -0.39 is 18.0 Å². The van der Waals surface area contributed by atoms with Crippen molar-refractivity contribution in [3.8, 4) is 0 Å². The summed E-state index contributed by atoms with van der Waals surface area (Å²) in [4.78, 5) is 31.6. The standard InChI is InChI=1S/C20H21ClN4O4/c1-11-17-14(21)3-4-15(18(17)19(27)25(11)20(28)29)23-16-5-2-12(10-22-16)24-8-6-13(26)7-9-24/h2-5,10-11,13,26H,6-9H2,1H3,(H,22,23)(H,28,29). The van der Waals surface area contributed by atoms with Crippen molar-refractivity contribution in [1.29, 1.82) is 0 Å². The summed E-state index contributed by atoms with van der Waals surface area (Å²) >= 11 is 6.25. The second-order valence-electron chi connectivity index (χ2n) is 7.26. The maximum absolute atomic E-state index is 12.7. The Bertz CT molecular complexity index is 958. The molecule has 1 aromatic heterocycles. The number of nitrogens with zero attached hydrogens (tertiary/aromatic N) is 3. The lowest BCUT2D eigenvalue weighted by molar-refractivity contribution is 0.0723. The number of fused-ring (bicyclic) bond motifs is 1. The first-order valence-corrected chi connectivity index (χ1v) is 9.79. The van der Waals surface area contributed by atoms with Crippen molar-refractivity contribution < 1.29 is 19.8 Å². The number of nitrogens with one attached hydrogen (secondary N) is 1. The third kappa shape index (κ3) is 3.49. The van der Waals surface area contributed by atoms with Gasteiger partial charge in [0.05, 0.1) is 35.3 Å². The highest BCUT2D eigenvalue weighted by molar-refractivity contribution is 6.33. The van der Waals surface area contributed by atoms with E-state index in [-0.39, 0.29) is 11.7 Å². The topological polar surface area (TPSA) is 106 Å². The Morgan fingerprint density at radius 1 is 1.24 bits per heavy atom. The monoisotopic (exact) mass is 416 g/mol. The molecule has 9 heteroatoms. The molecule has 0 aliphatic carbocycles. The molecule has 1 atom stereocenters. The van der Waals surface area contributed by atoms with Crippen LogP contribution in [0.3, 0.4) is 0 Å². The van der Waals surface area contributed by atoms with Crippen LogP contribution in [0, 0.1) is 0 Å². The van der Waals surface area contributed by atoms with Crippen LogP contribution in [-0.2, 0) is 0 Å². The van der Waals surface area contributed by atoms with Gasteiger partial charge >= 0.3 is 6.09 Å². The van der Waals surface area contributed by atoms with Crippen LogP contribution >= 0.6 is 11.6 Å². The fourth-order valence-electron chi connectivity index (χ4n) is 3.92. The Morgan fingerprint density at radius 3 is 2.59 bits per heavy atom. The summed E-state index contributed by atoms with van der Waals surface area (Å²) in [5.41, 5.74) is 2.17. The molecular formula is C20H21ClN4O4. The number of carbonyl (C=O) groups is 2. The molecule has 29 heavy (non-hydrogen) atoms. The molecule has 1 aromatic carbocycles. The summed E-state index contributed by atoms with van der Waals surface area (Å²) in [6.45, 7) is 3.19. The highest BCUT2D eigenvalue weighted by Gasteiger charge is 2.41. The van der Waals surface area contributed by atoms with Gasteiger partial charge in [0.25, 0.3) is 5.91 Å². The molecule has 2 aliphatic heterocycles. The van der Waals surface area contributed by atoms with Crippen molar-refractivity contribution in [1.82, 2.24) is 9.88 Å². The van der Waals surface area contributed by atoms with Crippen LogP contribution < -0.4 is 10.2 Å². The van der Waals surface area contributed by atoms with E-state index in [0.717, 1.165) is 36.5 Å². The number of imide groups is 1. The van der Waals surface area contributed by atoms with Gasteiger partial charge in [-0.3, -0.25) is 4.79 Å². The zero-order chi connectivity index (χ0) is 20.7. The van der Waals surface area contributed by atoms with Gasteiger partial charge in [-0.1, -0.05) is 11.6 Å². The molecular weight excluding hydrogens is 396 g/mol. The van der Waals surface area contributed by atoms with Crippen molar-refractivity contribution >= 4 is 40.8 Å². The number of carboxylic acid groups (broad SMARTS) is 1. The molecule has 4 rings (SSSR count). The van der Waals surface area contributed by atoms with Crippen LogP contribution in [0.4, 0.5) is 22.0 Å². The van der Waals surface area contributed by atoms with E-state index in [1.807, 2.05) is 6.07 Å². The minimum Gasteiger partial charge on any atom is -0.465 e. The molecule has 152 valence electrons. The number of hydrogen-bond donors (Lipinski definition) is 3. The zero-order valence-corrected chi connectivity index (χ0v) is 16.6. The number of anilines is 3. The molecule has 0 radical (unpaired) electrons. The molecule has 0 saturated carbocycles. The SMILES string of the molecule is CC1c2c(Cl)ccc(Nc3ccc(N4CCC(O)CC4)cn3)c2C(=O)N1C(=O)O. The number of aromatic nitrogens is 1. The molecule has 8 nitrogen and oxygen atoms in total. The van der Waals surface area contributed by atoms with Gasteiger partial charge in [-0.15, -0.1) is 0 Å². The van der Waals surface area contributed by atoms with Gasteiger partial charge < -0.3 is 20.4 Å². The number of rotatable bonds is 3. The van der Waals surface area contributed by atoms with Crippen LogP contribution in [0.25, 0.3) is 0 Å². The summed E-state index contributed by atoms with van der Waals surface area (Å²) in [6.07, 6.45) is 1.66. The Morgan fingerprint density at radius 2 is 1.97 bits per heavy atom. The normalized spacial score (nSPS) is 19.4. The van der Waals surface area contributed by atoms with E-state index in [1.165, 1.54) is 0 Å². The van der Waals surface area contributed by atoms with Crippen LogP contribution in [0.5, 0.6) is 0 Å². The van der Waals surface area contributed by atoms with E-state index in [0.29, 0.717) is 22.1 Å². The number of hydrogen-bond acceptors (Lipinski definition) is 6. The lowest BCUT2D eigenvalue weighted by Gasteiger charge is -2.31. The van der Waals surface area contributed by atoms with E-state index in [2.05, 4.69) is 15.2 Å². The fourth-order valence-corrected chi connectivity index (χ4v) is 4.24. The first-order chi connectivity index (χ1) is 13.9. The number of pyridine rings is 1. The quantitative estimate of drug-likeness (QED) is 0.701. The van der Waals surface area contributed by atoms with Crippen LogP contribution in [0.1, 0.15) is 41.7 Å². The molecule has 2 amide bonds. The van der Waals surface area contributed by atoms with Crippen LogP contribution in [0.15, 0.2) is 30.5 Å². The van der Waals surface area contributed by atoms with Crippen molar-refractivity contribution in [2.24, 2.45) is 0 Å². The summed E-state index contributed by atoms with van der Waals surface area (Å²) < 4.78 is 0. The van der Waals surface area contributed by atoms with Gasteiger partial charge in [-0.2, -0.15) is 0 Å². The Hall–Kier alpha value is -2.84. The second kappa shape index (κ2) is 7.53. The largest absolute Gasteiger partial charge is 0.465 e. The number of aliphatic hydroxyl groups is 1. The van der Waals surface area contributed by atoms with E-state index >= 15 is 0 Å². The third-order valence-corrected chi connectivity index (χ3v) is 5.81. The first kappa shape index (κ1) is 19.5. The number of piperidine rings is 1. The Labute approximate surface area is 172 Å². The minimum absolute atomic E-state index is 0.238. The third-order valence-electron chi connectivity index (χ3n) is 5.48. The molecule has 2 aromatic rings. The number of benzene rings is 1. The average molecular weight is 417 g/mol. The molecule has 0 bridgehead atoms. The maximum Gasteiger partial charge on any atom is 0.414 e. The highest BCUT2D eigenvalue weighted by Crippen LogP contribution is 2.42. The molecule has 1 unspecified atom stereocenters. The lowest BCUT2D eigenvalue weighted by Crippen LogP contribution is -2.35. The number of aliphatic hydroxyl groups excluding tert-OH is 1. The maximum atomic E-state index is 12.7. The van der Waals surface area contributed by atoms with Crippen molar-refractivity contribution in [3.63, 3.8) is 0 Å². The molecule has 3 heterocycles. The van der Waals surface area contributed by atoms with Gasteiger partial charge in [0.15, 0.2) is 0 Å².